The lowest BCUT2D eigenvalue weighted by Crippen LogP contribution is -2.48. The number of hydrogen-bond donors (Lipinski definition) is 1. The van der Waals surface area contributed by atoms with E-state index in [0.717, 1.165) is 17.0 Å². The molecule has 4 rings (SSSR count). The molecule has 0 unspecified atom stereocenters. The summed E-state index contributed by atoms with van der Waals surface area (Å²) in [6.07, 6.45) is 3.81. The van der Waals surface area contributed by atoms with Crippen molar-refractivity contribution in [3.05, 3.63) is 71.6 Å². The first kappa shape index (κ1) is 25.7. The van der Waals surface area contributed by atoms with Gasteiger partial charge in [-0.15, -0.1) is 0 Å². The summed E-state index contributed by atoms with van der Waals surface area (Å²) in [6, 6.07) is 13.7. The van der Waals surface area contributed by atoms with Crippen molar-refractivity contribution >= 4 is 39.0 Å². The van der Waals surface area contributed by atoms with E-state index in [4.69, 9.17) is 16.3 Å². The molecule has 0 atom stereocenters. The van der Waals surface area contributed by atoms with Gasteiger partial charge in [-0.25, -0.2) is 18.4 Å². The predicted molar refractivity (Wildman–Crippen MR) is 139 cm³/mol. The zero-order valence-corrected chi connectivity index (χ0v) is 21.5. The van der Waals surface area contributed by atoms with E-state index in [1.165, 1.54) is 18.6 Å². The van der Waals surface area contributed by atoms with Gasteiger partial charge in [0.25, 0.3) is 10.0 Å². The summed E-state index contributed by atoms with van der Waals surface area (Å²) in [5.74, 6) is 1.11. The van der Waals surface area contributed by atoms with Crippen molar-refractivity contribution in [2.75, 3.05) is 42.4 Å². The number of piperazine rings is 1. The molecule has 36 heavy (non-hydrogen) atoms. The number of rotatable bonds is 9. The number of ether oxygens (including phenoxy) is 1. The minimum atomic E-state index is -3.74. The van der Waals surface area contributed by atoms with E-state index >= 15 is 0 Å². The molecule has 190 valence electrons. The summed E-state index contributed by atoms with van der Waals surface area (Å²) in [5, 5.41) is 0.672. The van der Waals surface area contributed by atoms with Crippen LogP contribution >= 0.6 is 11.6 Å². The Kier molecular flexibility index (Phi) is 8.27. The van der Waals surface area contributed by atoms with E-state index in [0.29, 0.717) is 50.7 Å². The molecule has 2 heterocycles. The Labute approximate surface area is 216 Å². The average Bonchev–Trinajstić information content (AvgIpc) is 2.88. The molecule has 0 spiro atoms. The maximum absolute atomic E-state index is 12.6. The molecule has 1 aromatic heterocycles. The first-order chi connectivity index (χ1) is 17.3. The molecule has 3 aromatic rings. The maximum atomic E-state index is 12.6. The SMILES string of the molecule is Cc1cc(Cl)ccc1OCCCC(=O)N1CCN(c2ccc(S(=O)(=O)Nc3ccncn3)cc2)CC1. The van der Waals surface area contributed by atoms with E-state index in [9.17, 15) is 13.2 Å². The Morgan fingerprint density at radius 3 is 2.50 bits per heavy atom. The minimum Gasteiger partial charge on any atom is -0.493 e. The van der Waals surface area contributed by atoms with Crippen molar-refractivity contribution in [3.8, 4) is 5.75 Å². The van der Waals surface area contributed by atoms with Gasteiger partial charge in [0, 0.05) is 49.5 Å². The highest BCUT2D eigenvalue weighted by Crippen LogP contribution is 2.23. The van der Waals surface area contributed by atoms with Gasteiger partial charge in [0.05, 0.1) is 11.5 Å². The first-order valence-corrected chi connectivity index (χ1v) is 13.5. The standard InChI is InChI=1S/C25H28ClN5O4S/c1-19-17-20(26)4-9-23(19)35-16-2-3-25(32)31-14-12-30(13-15-31)21-5-7-22(8-6-21)36(33,34)29-24-10-11-27-18-28-24/h4-11,17-18H,2-3,12-16H2,1H3,(H,27,28,29). The second kappa shape index (κ2) is 11.6. The molecule has 1 N–H and O–H groups in total. The normalized spacial score (nSPS) is 13.9. The van der Waals surface area contributed by atoms with E-state index in [1.54, 1.807) is 30.3 Å². The lowest BCUT2D eigenvalue weighted by molar-refractivity contribution is -0.131. The van der Waals surface area contributed by atoms with E-state index in [1.807, 2.05) is 24.0 Å². The molecule has 1 aliphatic rings. The molecule has 1 saturated heterocycles. The Bertz CT molecular complexity index is 1280. The highest BCUT2D eigenvalue weighted by atomic mass is 35.5. The molecule has 0 bridgehead atoms. The second-order valence-corrected chi connectivity index (χ2v) is 10.5. The van der Waals surface area contributed by atoms with E-state index in [-0.39, 0.29) is 16.6 Å². The third-order valence-corrected chi connectivity index (χ3v) is 7.50. The third-order valence-electron chi connectivity index (χ3n) is 5.89. The van der Waals surface area contributed by atoms with Crippen LogP contribution in [0.5, 0.6) is 5.75 Å². The number of halogens is 1. The van der Waals surface area contributed by atoms with Crippen molar-refractivity contribution in [1.29, 1.82) is 0 Å². The maximum Gasteiger partial charge on any atom is 0.263 e. The number of sulfonamides is 1. The van der Waals surface area contributed by atoms with Crippen LogP contribution in [0.15, 0.2) is 66.0 Å². The average molecular weight is 530 g/mol. The van der Waals surface area contributed by atoms with Crippen molar-refractivity contribution in [2.24, 2.45) is 0 Å². The van der Waals surface area contributed by atoms with Gasteiger partial charge in [0.1, 0.15) is 17.9 Å². The summed E-state index contributed by atoms with van der Waals surface area (Å²) < 4.78 is 33.4. The zero-order valence-electron chi connectivity index (χ0n) is 19.9. The van der Waals surface area contributed by atoms with Crippen LogP contribution in [0.4, 0.5) is 11.5 Å². The lowest BCUT2D eigenvalue weighted by Gasteiger charge is -2.36. The molecule has 9 nitrogen and oxygen atoms in total. The summed E-state index contributed by atoms with van der Waals surface area (Å²) in [4.78, 5) is 24.5. The number of carbonyl (C=O) groups excluding carboxylic acids is 1. The van der Waals surface area contributed by atoms with Crippen molar-refractivity contribution in [2.45, 2.75) is 24.7 Å². The topological polar surface area (TPSA) is 105 Å². The number of carbonyl (C=O) groups is 1. The van der Waals surface area contributed by atoms with Crippen LogP contribution in [0, 0.1) is 6.92 Å². The zero-order chi connectivity index (χ0) is 25.5. The minimum absolute atomic E-state index is 0.114. The molecular formula is C25H28ClN5O4S. The van der Waals surface area contributed by atoms with Crippen LogP contribution in [-0.4, -0.2) is 62.0 Å². The first-order valence-electron chi connectivity index (χ1n) is 11.6. The molecule has 2 aromatic carbocycles. The number of aromatic nitrogens is 2. The van der Waals surface area contributed by atoms with Crippen molar-refractivity contribution in [1.82, 2.24) is 14.9 Å². The van der Waals surface area contributed by atoms with Crippen LogP contribution in [0.1, 0.15) is 18.4 Å². The van der Waals surface area contributed by atoms with Gasteiger partial charge in [0.15, 0.2) is 0 Å². The quantitative estimate of drug-likeness (QED) is 0.421. The van der Waals surface area contributed by atoms with Crippen LogP contribution in [0.25, 0.3) is 0 Å². The molecule has 1 aliphatic heterocycles. The van der Waals surface area contributed by atoms with E-state index < -0.39 is 10.0 Å². The number of benzene rings is 2. The molecule has 0 radical (unpaired) electrons. The number of anilines is 2. The van der Waals surface area contributed by atoms with E-state index in [2.05, 4.69) is 19.6 Å². The van der Waals surface area contributed by atoms with Gasteiger partial charge in [-0.1, -0.05) is 11.6 Å². The fourth-order valence-corrected chi connectivity index (χ4v) is 5.17. The number of aryl methyl sites for hydroxylation is 1. The third kappa shape index (κ3) is 6.64. The Balaban J connectivity index is 1.22. The molecule has 1 fully saturated rings. The van der Waals surface area contributed by atoms with Crippen LogP contribution in [-0.2, 0) is 14.8 Å². The van der Waals surface area contributed by atoms with Crippen molar-refractivity contribution < 1.29 is 17.9 Å². The number of amides is 1. The monoisotopic (exact) mass is 529 g/mol. The number of nitrogens with one attached hydrogen (secondary N) is 1. The van der Waals surface area contributed by atoms with Gasteiger partial charge < -0.3 is 14.5 Å². The molecule has 0 aliphatic carbocycles. The van der Waals surface area contributed by atoms with Crippen molar-refractivity contribution in [3.63, 3.8) is 0 Å². The molecule has 11 heteroatoms. The smallest absolute Gasteiger partial charge is 0.263 e. The van der Waals surface area contributed by atoms with Gasteiger partial charge in [-0.3, -0.25) is 9.52 Å². The van der Waals surface area contributed by atoms with Gasteiger partial charge in [0.2, 0.25) is 5.91 Å². The second-order valence-electron chi connectivity index (χ2n) is 8.42. The molecular weight excluding hydrogens is 502 g/mol. The van der Waals surface area contributed by atoms with Gasteiger partial charge >= 0.3 is 0 Å². The fraction of sp³-hybridized carbons (Fsp3) is 0.320. The highest BCUT2D eigenvalue weighted by molar-refractivity contribution is 7.92. The van der Waals surface area contributed by atoms with Crippen LogP contribution < -0.4 is 14.4 Å². The summed E-state index contributed by atoms with van der Waals surface area (Å²) in [6.45, 7) is 5.00. The summed E-state index contributed by atoms with van der Waals surface area (Å²) in [5.41, 5.74) is 1.88. The summed E-state index contributed by atoms with van der Waals surface area (Å²) in [7, 11) is -3.74. The predicted octanol–water partition coefficient (Wildman–Crippen LogP) is 3.75. The largest absolute Gasteiger partial charge is 0.493 e. The fourth-order valence-electron chi connectivity index (χ4n) is 3.94. The van der Waals surface area contributed by atoms with Gasteiger partial charge in [-0.2, -0.15) is 0 Å². The Morgan fingerprint density at radius 2 is 1.83 bits per heavy atom. The summed E-state index contributed by atoms with van der Waals surface area (Å²) >= 11 is 5.97. The lowest BCUT2D eigenvalue weighted by atomic mass is 10.2. The van der Waals surface area contributed by atoms with Crippen LogP contribution in [0.2, 0.25) is 5.02 Å². The Morgan fingerprint density at radius 1 is 1.08 bits per heavy atom. The molecule has 0 saturated carbocycles. The number of hydrogen-bond acceptors (Lipinski definition) is 7. The van der Waals surface area contributed by atoms with Crippen LogP contribution in [0.3, 0.4) is 0 Å². The number of nitrogens with zero attached hydrogens (tertiary/aromatic N) is 4. The molecule has 1 amide bonds. The highest BCUT2D eigenvalue weighted by Gasteiger charge is 2.22. The van der Waals surface area contributed by atoms with Gasteiger partial charge in [-0.05, 0) is 67.4 Å². The Hall–Kier alpha value is -3.37.